The summed E-state index contributed by atoms with van der Waals surface area (Å²) < 4.78 is 1.50. The Hall–Kier alpha value is -2.43. The van der Waals surface area contributed by atoms with E-state index in [-0.39, 0.29) is 0 Å². The van der Waals surface area contributed by atoms with Crippen molar-refractivity contribution in [1.82, 2.24) is 0 Å². The second-order valence-electron chi connectivity index (χ2n) is 13.7. The first-order chi connectivity index (χ1) is 23.8. The van der Waals surface area contributed by atoms with Crippen LogP contribution in [-0.4, -0.2) is 4.70 Å². The number of nitrogens with zero attached hydrogens (tertiary/aromatic N) is 2. The molecule has 0 atom stereocenters. The number of aryl methyl sites for hydroxylation is 4. The topological polar surface area (TPSA) is 25.3 Å². The van der Waals surface area contributed by atoms with E-state index in [0.717, 1.165) is 73.0 Å². The maximum absolute atomic E-state index is 12.1. The molecule has 2 aromatic carbocycles. The van der Waals surface area contributed by atoms with Gasteiger partial charge in [-0.3, -0.25) is 0 Å². The Morgan fingerprint density at radius 2 is 1.02 bits per heavy atom. The molecule has 0 aliphatic carbocycles. The molecule has 0 aromatic heterocycles. The maximum atomic E-state index is 12.1. The van der Waals surface area contributed by atoms with Gasteiger partial charge < -0.3 is 5.53 Å². The number of hydrogen-bond donors (Lipinski definition) is 0. The van der Waals surface area contributed by atoms with Gasteiger partial charge in [0.15, 0.2) is 0 Å². The van der Waals surface area contributed by atoms with Gasteiger partial charge in [-0.25, -0.2) is 4.70 Å². The summed E-state index contributed by atoms with van der Waals surface area (Å²) in [4.78, 5) is 0. The van der Waals surface area contributed by atoms with Crippen LogP contribution in [0.5, 0.6) is 0 Å². The van der Waals surface area contributed by atoms with Gasteiger partial charge in [0.2, 0.25) is 11.4 Å². The third-order valence-corrected chi connectivity index (χ3v) is 10.2. The average molecular weight is 710 g/mol. The molecule has 1 aliphatic rings. The van der Waals surface area contributed by atoms with Gasteiger partial charge in [0.05, 0.1) is 0 Å². The van der Waals surface area contributed by atoms with Gasteiger partial charge >= 0.3 is 39.1 Å². The van der Waals surface area contributed by atoms with Crippen molar-refractivity contribution < 1.29 is 19.1 Å². The minimum atomic E-state index is 0.868. The van der Waals surface area contributed by atoms with E-state index in [1.165, 1.54) is 114 Å². The van der Waals surface area contributed by atoms with Crippen LogP contribution in [0.2, 0.25) is 10.8 Å². The molecule has 0 spiro atoms. The fourth-order valence-electron chi connectivity index (χ4n) is 6.61. The summed E-state index contributed by atoms with van der Waals surface area (Å²) in [7, 11) is 0. The van der Waals surface area contributed by atoms with Crippen LogP contribution < -0.4 is 0 Å². The Morgan fingerprint density at radius 3 is 1.51 bits per heavy atom. The molecule has 0 radical (unpaired) electrons. The van der Waals surface area contributed by atoms with Crippen LogP contribution in [0, 0.1) is 25.7 Å². The zero-order valence-electron chi connectivity index (χ0n) is 32.8. The van der Waals surface area contributed by atoms with E-state index >= 15 is 0 Å². The molecule has 274 valence electrons. The summed E-state index contributed by atoms with van der Waals surface area (Å²) in [5.74, 6) is 7.23. The molecule has 0 bridgehead atoms. The summed E-state index contributed by atoms with van der Waals surface area (Å²) in [5.41, 5.74) is 23.5. The molecule has 49 heavy (non-hydrogen) atoms. The average Bonchev–Trinajstić information content (AvgIpc) is 3.36. The number of unbranched alkanes of at least 4 members (excludes halogenated alkanes) is 11. The molecule has 0 saturated heterocycles. The number of rotatable bonds is 21. The summed E-state index contributed by atoms with van der Waals surface area (Å²) in [6.45, 7) is 17.8. The molecule has 1 heterocycles. The van der Waals surface area contributed by atoms with E-state index in [2.05, 4.69) is 104 Å². The molecule has 0 N–H and O–H groups in total. The SMILES string of the molecule is CCCCCCCCCCC#CC1=C(c2cc(C)cc(CCCC)c2)[N+](=[N-])C(c2cc(C)cc(CCCC)c2)=C1CCCC.C[CH2][Ni][CH2]C. The Labute approximate surface area is 309 Å². The molecular formula is C46H70N2Ni. The Kier molecular flexibility index (Phi) is 22.3. The van der Waals surface area contributed by atoms with E-state index < -0.39 is 0 Å². The van der Waals surface area contributed by atoms with E-state index in [4.69, 9.17) is 0 Å². The first-order valence-corrected chi connectivity index (χ1v) is 21.4. The van der Waals surface area contributed by atoms with Crippen molar-refractivity contribution >= 4 is 11.4 Å². The second-order valence-corrected chi connectivity index (χ2v) is 15.6. The molecule has 2 nitrogen and oxygen atoms in total. The molecular weight excluding hydrogens is 639 g/mol. The van der Waals surface area contributed by atoms with Crippen molar-refractivity contribution in [3.05, 3.63) is 86.5 Å². The van der Waals surface area contributed by atoms with Gasteiger partial charge in [0, 0.05) is 23.1 Å². The predicted octanol–water partition coefficient (Wildman–Crippen LogP) is 14.8. The van der Waals surface area contributed by atoms with Gasteiger partial charge in [-0.15, -0.1) is 0 Å². The molecule has 0 saturated carbocycles. The third kappa shape index (κ3) is 15.2. The molecule has 3 rings (SSSR count). The van der Waals surface area contributed by atoms with Crippen molar-refractivity contribution in [2.24, 2.45) is 0 Å². The first-order valence-electron chi connectivity index (χ1n) is 20.0. The molecule has 1 aliphatic heterocycles. The first kappa shape index (κ1) is 42.7. The van der Waals surface area contributed by atoms with Crippen LogP contribution in [0.15, 0.2) is 47.5 Å². The fourth-order valence-corrected chi connectivity index (χ4v) is 7.10. The van der Waals surface area contributed by atoms with Gasteiger partial charge in [-0.1, -0.05) is 127 Å². The Morgan fingerprint density at radius 1 is 0.551 bits per heavy atom. The standard InChI is InChI=1S/C42H60N2.2C2H5.Ni/c1-7-11-15-16-17-18-19-20-21-22-26-40-39(25-14-10-4)41(37-29-33(5)27-35(31-37)23-12-8-2)44(43)42(40)38-30-34(6)28-36(32-38)24-13-9-3;2*1-2;/h27-32H,7-21,23-25H2,1-6H3;2*1H2,2H3;. The molecule has 2 aromatic rings. The monoisotopic (exact) mass is 708 g/mol. The van der Waals surface area contributed by atoms with Gasteiger partial charge in [0.1, 0.15) is 5.57 Å². The van der Waals surface area contributed by atoms with Crippen molar-refractivity contribution in [3.8, 4) is 11.8 Å². The van der Waals surface area contributed by atoms with Crippen molar-refractivity contribution in [2.75, 3.05) is 0 Å². The zero-order valence-corrected chi connectivity index (χ0v) is 33.8. The summed E-state index contributed by atoms with van der Waals surface area (Å²) in [6.07, 6.45) is 21.3. The third-order valence-electron chi connectivity index (χ3n) is 9.17. The number of allylic oxidation sites excluding steroid dienone is 2. The second kappa shape index (κ2) is 25.5. The van der Waals surface area contributed by atoms with Crippen LogP contribution in [0.4, 0.5) is 0 Å². The van der Waals surface area contributed by atoms with Crippen molar-refractivity contribution in [1.29, 1.82) is 0 Å². The number of benzene rings is 2. The summed E-state index contributed by atoms with van der Waals surface area (Å²) in [5, 5.41) is 2.56. The van der Waals surface area contributed by atoms with Gasteiger partial charge in [-0.2, -0.15) is 0 Å². The van der Waals surface area contributed by atoms with Crippen molar-refractivity contribution in [3.63, 3.8) is 0 Å². The molecule has 0 unspecified atom stereocenters. The summed E-state index contributed by atoms with van der Waals surface area (Å²) >= 11 is 1.82. The quantitative estimate of drug-likeness (QED) is 0.0534. The Bertz CT molecular complexity index is 1400. The predicted molar refractivity (Wildman–Crippen MR) is 213 cm³/mol. The van der Waals surface area contributed by atoms with Gasteiger partial charge in [-0.05, 0) is 94.2 Å². The van der Waals surface area contributed by atoms with E-state index in [1.54, 1.807) is 0 Å². The zero-order chi connectivity index (χ0) is 35.9. The van der Waals surface area contributed by atoms with Crippen LogP contribution in [0.3, 0.4) is 0 Å². The summed E-state index contributed by atoms with van der Waals surface area (Å²) in [6, 6.07) is 13.7. The molecule has 0 amide bonds. The van der Waals surface area contributed by atoms with E-state index in [1.807, 2.05) is 14.4 Å². The fraction of sp³-hybridized carbons (Fsp3) is 0.609. The Balaban J connectivity index is 0.00000155. The van der Waals surface area contributed by atoms with Crippen LogP contribution in [0.1, 0.15) is 178 Å². The number of hydrogen-bond acceptors (Lipinski definition) is 0. The van der Waals surface area contributed by atoms with Gasteiger partial charge in [0.25, 0.3) is 0 Å². The van der Waals surface area contributed by atoms with Crippen molar-refractivity contribution in [2.45, 2.75) is 182 Å². The van der Waals surface area contributed by atoms with Crippen LogP contribution in [0.25, 0.3) is 16.9 Å². The van der Waals surface area contributed by atoms with Crippen LogP contribution in [-0.2, 0) is 27.3 Å². The normalized spacial score (nSPS) is 12.8. The van der Waals surface area contributed by atoms with E-state index in [0.29, 0.717) is 0 Å². The minimum absolute atomic E-state index is 0.868. The molecule has 3 heteroatoms. The van der Waals surface area contributed by atoms with Crippen LogP contribution >= 0.6 is 0 Å². The molecule has 0 fully saturated rings. The van der Waals surface area contributed by atoms with E-state index in [9.17, 15) is 5.53 Å².